The number of nitro benzene ring substituents is 1. The molecule has 19 heavy (non-hydrogen) atoms. The Kier molecular flexibility index (Phi) is 3.87. The van der Waals surface area contributed by atoms with E-state index in [1.165, 1.54) is 30.5 Å². The molecule has 1 N–H and O–H groups in total. The molecule has 8 heteroatoms. The monoisotopic (exact) mass is 344 g/mol. The summed E-state index contributed by atoms with van der Waals surface area (Å²) in [6.45, 7) is 0. The van der Waals surface area contributed by atoms with Gasteiger partial charge in [0, 0.05) is 11.8 Å². The van der Waals surface area contributed by atoms with Crippen LogP contribution in [0, 0.1) is 10.1 Å². The van der Waals surface area contributed by atoms with Crippen molar-refractivity contribution in [2.24, 2.45) is 0 Å². The lowest BCUT2D eigenvalue weighted by Crippen LogP contribution is -2.11. The third-order valence-corrected chi connectivity index (χ3v) is 3.18. The van der Waals surface area contributed by atoms with E-state index in [1.807, 2.05) is 0 Å². The van der Waals surface area contributed by atoms with Gasteiger partial charge in [-0.2, -0.15) is 0 Å². The van der Waals surface area contributed by atoms with E-state index < -0.39 is 10.8 Å². The highest BCUT2D eigenvalue weighted by Gasteiger charge is 2.16. The van der Waals surface area contributed by atoms with Gasteiger partial charge in [-0.1, -0.05) is 11.6 Å². The molecule has 1 heterocycles. The summed E-state index contributed by atoms with van der Waals surface area (Å²) < 4.78 is 5.24. The highest BCUT2D eigenvalue weighted by Crippen LogP contribution is 2.28. The van der Waals surface area contributed by atoms with E-state index in [2.05, 4.69) is 21.2 Å². The summed E-state index contributed by atoms with van der Waals surface area (Å²) in [6.07, 6.45) is 1.36. The van der Waals surface area contributed by atoms with Gasteiger partial charge in [0.25, 0.3) is 11.6 Å². The molecule has 0 fully saturated rings. The number of carbonyl (C=O) groups excluding carboxylic acids is 1. The molecule has 0 saturated carbocycles. The van der Waals surface area contributed by atoms with Gasteiger partial charge in [-0.15, -0.1) is 0 Å². The minimum absolute atomic E-state index is 0.0472. The first kappa shape index (κ1) is 13.6. The van der Waals surface area contributed by atoms with Gasteiger partial charge in [-0.05, 0) is 34.1 Å². The van der Waals surface area contributed by atoms with Crippen molar-refractivity contribution in [3.05, 3.63) is 55.9 Å². The molecular weight excluding hydrogens is 339 g/mol. The van der Waals surface area contributed by atoms with Crippen molar-refractivity contribution in [2.75, 3.05) is 5.32 Å². The van der Waals surface area contributed by atoms with E-state index in [1.54, 1.807) is 0 Å². The van der Waals surface area contributed by atoms with E-state index in [0.29, 0.717) is 15.9 Å². The Bertz CT molecular complexity index is 656. The van der Waals surface area contributed by atoms with Gasteiger partial charge >= 0.3 is 0 Å². The zero-order valence-corrected chi connectivity index (χ0v) is 11.6. The fourth-order valence-electron chi connectivity index (χ4n) is 1.39. The molecule has 1 aromatic heterocycles. The Hall–Kier alpha value is -1.86. The van der Waals surface area contributed by atoms with Crippen molar-refractivity contribution in [3.8, 4) is 0 Å². The molecule has 0 bridgehead atoms. The molecule has 0 aliphatic rings. The molecule has 0 atom stereocenters. The number of halogens is 2. The molecule has 6 nitrogen and oxygen atoms in total. The summed E-state index contributed by atoms with van der Waals surface area (Å²) in [4.78, 5) is 21.9. The Morgan fingerprint density at radius 1 is 1.42 bits per heavy atom. The van der Waals surface area contributed by atoms with Crippen LogP contribution < -0.4 is 5.32 Å². The Morgan fingerprint density at radius 2 is 2.16 bits per heavy atom. The molecule has 0 aliphatic heterocycles. The quantitative estimate of drug-likeness (QED) is 0.676. The summed E-state index contributed by atoms with van der Waals surface area (Å²) in [6, 6.07) is 5.43. The number of hydrogen-bond donors (Lipinski definition) is 1. The number of nitro groups is 1. The molecule has 1 amide bonds. The molecule has 0 radical (unpaired) electrons. The number of anilines is 1. The number of nitrogens with zero attached hydrogens (tertiary/aromatic N) is 1. The van der Waals surface area contributed by atoms with Crippen LogP contribution in [0.3, 0.4) is 0 Å². The highest BCUT2D eigenvalue weighted by atomic mass is 79.9. The fourth-order valence-corrected chi connectivity index (χ4v) is 2.06. The Balaban J connectivity index is 2.21. The van der Waals surface area contributed by atoms with Crippen molar-refractivity contribution in [3.63, 3.8) is 0 Å². The van der Waals surface area contributed by atoms with Gasteiger partial charge in [0.15, 0.2) is 4.67 Å². The molecule has 0 saturated heterocycles. The molecule has 0 spiro atoms. The highest BCUT2D eigenvalue weighted by molar-refractivity contribution is 9.10. The van der Waals surface area contributed by atoms with E-state index in [0.717, 1.165) is 0 Å². The van der Waals surface area contributed by atoms with E-state index >= 15 is 0 Å². The standard InChI is InChI=1S/C11H6BrClN2O4/c12-10-7(3-4-19-10)11(16)14-6-1-2-9(15(17)18)8(13)5-6/h1-5H,(H,14,16). The van der Waals surface area contributed by atoms with E-state index in [4.69, 9.17) is 16.0 Å². The largest absolute Gasteiger partial charge is 0.457 e. The number of carbonyl (C=O) groups is 1. The first-order valence-electron chi connectivity index (χ1n) is 4.97. The molecule has 0 aliphatic carbocycles. The van der Waals surface area contributed by atoms with Crippen molar-refractivity contribution in [1.82, 2.24) is 0 Å². The normalized spacial score (nSPS) is 10.2. The lowest BCUT2D eigenvalue weighted by Gasteiger charge is -2.04. The predicted molar refractivity (Wildman–Crippen MR) is 72.5 cm³/mol. The van der Waals surface area contributed by atoms with Crippen molar-refractivity contribution in [2.45, 2.75) is 0 Å². The number of benzene rings is 1. The minimum atomic E-state index is -0.597. The van der Waals surface area contributed by atoms with Gasteiger partial charge in [-0.3, -0.25) is 14.9 Å². The zero-order chi connectivity index (χ0) is 14.0. The maximum absolute atomic E-state index is 11.8. The SMILES string of the molecule is O=C(Nc1ccc([N+](=O)[O-])c(Cl)c1)c1ccoc1Br. The van der Waals surface area contributed by atoms with Crippen LogP contribution >= 0.6 is 27.5 Å². The second kappa shape index (κ2) is 5.41. The third kappa shape index (κ3) is 2.94. The van der Waals surface area contributed by atoms with Crippen molar-refractivity contribution >= 4 is 44.8 Å². The van der Waals surface area contributed by atoms with Crippen LogP contribution in [0.1, 0.15) is 10.4 Å². The Labute approximate surface area is 120 Å². The minimum Gasteiger partial charge on any atom is -0.457 e. The van der Waals surface area contributed by atoms with Crippen molar-refractivity contribution in [1.29, 1.82) is 0 Å². The number of hydrogen-bond acceptors (Lipinski definition) is 4. The maximum atomic E-state index is 11.8. The molecular formula is C11H6BrClN2O4. The maximum Gasteiger partial charge on any atom is 0.288 e. The predicted octanol–water partition coefficient (Wildman–Crippen LogP) is 3.86. The van der Waals surface area contributed by atoms with Crippen LogP contribution in [-0.4, -0.2) is 10.8 Å². The lowest BCUT2D eigenvalue weighted by atomic mass is 10.2. The van der Waals surface area contributed by atoms with E-state index in [9.17, 15) is 14.9 Å². The molecule has 98 valence electrons. The van der Waals surface area contributed by atoms with Crippen molar-refractivity contribution < 1.29 is 14.1 Å². The van der Waals surface area contributed by atoms with Gasteiger partial charge in [-0.25, -0.2) is 0 Å². The number of furan rings is 1. The van der Waals surface area contributed by atoms with Gasteiger partial charge in [0.1, 0.15) is 5.02 Å². The summed E-state index contributed by atoms with van der Waals surface area (Å²) in [5, 5.41) is 13.1. The van der Waals surface area contributed by atoms with Crippen LogP contribution in [0.4, 0.5) is 11.4 Å². The summed E-state index contributed by atoms with van der Waals surface area (Å²) in [5.41, 5.74) is 0.451. The van der Waals surface area contributed by atoms with Crippen LogP contribution in [0.15, 0.2) is 39.6 Å². The molecule has 0 unspecified atom stereocenters. The fraction of sp³-hybridized carbons (Fsp3) is 0. The zero-order valence-electron chi connectivity index (χ0n) is 9.22. The summed E-state index contributed by atoms with van der Waals surface area (Å²) >= 11 is 8.83. The first-order valence-corrected chi connectivity index (χ1v) is 6.14. The third-order valence-electron chi connectivity index (χ3n) is 2.26. The molecule has 2 aromatic rings. The number of amides is 1. The first-order chi connectivity index (χ1) is 8.99. The summed E-state index contributed by atoms with van der Waals surface area (Å²) in [5.74, 6) is -0.412. The average Bonchev–Trinajstić information content (AvgIpc) is 2.75. The Morgan fingerprint density at radius 3 is 2.68 bits per heavy atom. The second-order valence-corrected chi connectivity index (χ2v) is 4.61. The molecule has 1 aromatic carbocycles. The topological polar surface area (TPSA) is 85.4 Å². The summed E-state index contributed by atoms with van der Waals surface area (Å²) in [7, 11) is 0. The number of rotatable bonds is 3. The van der Waals surface area contributed by atoms with Gasteiger partial charge < -0.3 is 9.73 Å². The van der Waals surface area contributed by atoms with Crippen LogP contribution in [0.2, 0.25) is 5.02 Å². The van der Waals surface area contributed by atoms with E-state index in [-0.39, 0.29) is 10.7 Å². The van der Waals surface area contributed by atoms with Crippen LogP contribution in [-0.2, 0) is 0 Å². The second-order valence-electron chi connectivity index (χ2n) is 3.49. The van der Waals surface area contributed by atoms with Gasteiger partial charge in [0.2, 0.25) is 0 Å². The smallest absolute Gasteiger partial charge is 0.288 e. The van der Waals surface area contributed by atoms with Crippen LogP contribution in [0.25, 0.3) is 0 Å². The average molecular weight is 346 g/mol. The lowest BCUT2D eigenvalue weighted by molar-refractivity contribution is -0.384. The molecule has 2 rings (SSSR count). The van der Waals surface area contributed by atoms with Gasteiger partial charge in [0.05, 0.1) is 16.7 Å². The van der Waals surface area contributed by atoms with Crippen LogP contribution in [0.5, 0.6) is 0 Å². The number of nitrogens with one attached hydrogen (secondary N) is 1.